The molecule has 0 spiro atoms. The molecule has 19 heavy (non-hydrogen) atoms. The van der Waals surface area contributed by atoms with E-state index in [1.807, 2.05) is 0 Å². The number of sulfonamides is 1. The summed E-state index contributed by atoms with van der Waals surface area (Å²) in [6, 6.07) is 6.59. The van der Waals surface area contributed by atoms with E-state index < -0.39 is 10.0 Å². The van der Waals surface area contributed by atoms with Gasteiger partial charge in [0.05, 0.1) is 6.20 Å². The number of rotatable bonds is 4. The van der Waals surface area contributed by atoms with Crippen LogP contribution in [0.2, 0.25) is 4.47 Å². The highest BCUT2D eigenvalue weighted by Gasteiger charge is 2.24. The van der Waals surface area contributed by atoms with E-state index in [1.165, 1.54) is 19.3 Å². The lowest BCUT2D eigenvalue weighted by Gasteiger charge is -2.16. The smallest absolute Gasteiger partial charge is 0.254 e. The molecule has 1 aromatic carbocycles. The molecule has 1 aromatic heterocycles. The Kier molecular flexibility index (Phi) is 4.10. The van der Waals surface area contributed by atoms with E-state index in [0.29, 0.717) is 5.56 Å². The van der Waals surface area contributed by atoms with Gasteiger partial charge in [-0.2, -0.15) is 4.31 Å². The standard InChI is InChI=1S/C11H11ClN2O3S2/c1-14(7-8-4-2-3-5-9(8)15)19(16,17)10-6-13-11(12)18-10/h2-6,15H,7H2,1H3. The topological polar surface area (TPSA) is 70.5 Å². The first-order valence-corrected chi connectivity index (χ1v) is 7.89. The molecule has 0 aliphatic rings. The number of phenols is 1. The molecule has 0 unspecified atom stereocenters. The lowest BCUT2D eigenvalue weighted by atomic mass is 10.2. The van der Waals surface area contributed by atoms with Gasteiger partial charge in [0.2, 0.25) is 0 Å². The minimum Gasteiger partial charge on any atom is -0.508 e. The van der Waals surface area contributed by atoms with E-state index in [-0.39, 0.29) is 21.0 Å². The van der Waals surface area contributed by atoms with Gasteiger partial charge in [0.25, 0.3) is 10.0 Å². The zero-order valence-electron chi connectivity index (χ0n) is 9.95. The largest absolute Gasteiger partial charge is 0.508 e. The predicted octanol–water partition coefficient (Wildman–Crippen LogP) is 2.32. The Morgan fingerprint density at radius 1 is 1.42 bits per heavy atom. The molecule has 0 atom stereocenters. The highest BCUT2D eigenvalue weighted by atomic mass is 35.5. The van der Waals surface area contributed by atoms with Gasteiger partial charge < -0.3 is 5.11 Å². The average Bonchev–Trinajstić information content (AvgIpc) is 2.79. The number of para-hydroxylation sites is 1. The zero-order valence-corrected chi connectivity index (χ0v) is 12.3. The van der Waals surface area contributed by atoms with Crippen molar-refractivity contribution < 1.29 is 13.5 Å². The van der Waals surface area contributed by atoms with Crippen molar-refractivity contribution in [3.8, 4) is 5.75 Å². The van der Waals surface area contributed by atoms with Gasteiger partial charge in [0.1, 0.15) is 5.75 Å². The van der Waals surface area contributed by atoms with Crippen molar-refractivity contribution in [2.75, 3.05) is 7.05 Å². The highest BCUT2D eigenvalue weighted by molar-refractivity contribution is 7.91. The summed E-state index contributed by atoms with van der Waals surface area (Å²) >= 11 is 6.54. The number of thiazole rings is 1. The van der Waals surface area contributed by atoms with Gasteiger partial charge in [-0.15, -0.1) is 0 Å². The highest BCUT2D eigenvalue weighted by Crippen LogP contribution is 2.27. The van der Waals surface area contributed by atoms with Crippen LogP contribution in [-0.4, -0.2) is 29.9 Å². The van der Waals surface area contributed by atoms with Gasteiger partial charge >= 0.3 is 0 Å². The van der Waals surface area contributed by atoms with Crippen molar-refractivity contribution in [3.05, 3.63) is 40.5 Å². The van der Waals surface area contributed by atoms with Gasteiger partial charge in [-0.05, 0) is 6.07 Å². The average molecular weight is 319 g/mol. The van der Waals surface area contributed by atoms with Crippen molar-refractivity contribution in [1.82, 2.24) is 9.29 Å². The van der Waals surface area contributed by atoms with Crippen LogP contribution in [0.3, 0.4) is 0 Å². The van der Waals surface area contributed by atoms with Crippen LogP contribution in [0.15, 0.2) is 34.7 Å². The van der Waals surface area contributed by atoms with E-state index in [0.717, 1.165) is 15.6 Å². The van der Waals surface area contributed by atoms with E-state index >= 15 is 0 Å². The number of hydrogen-bond donors (Lipinski definition) is 1. The maximum atomic E-state index is 12.2. The molecular weight excluding hydrogens is 308 g/mol. The summed E-state index contributed by atoms with van der Waals surface area (Å²) in [5.74, 6) is 0.0619. The third-order valence-corrected chi connectivity index (χ3v) is 5.86. The van der Waals surface area contributed by atoms with Gasteiger partial charge in [0.15, 0.2) is 8.68 Å². The number of halogens is 1. The fourth-order valence-corrected chi connectivity index (χ4v) is 4.14. The molecule has 5 nitrogen and oxygen atoms in total. The maximum Gasteiger partial charge on any atom is 0.254 e. The Bertz CT molecular complexity index is 685. The molecule has 0 saturated carbocycles. The maximum absolute atomic E-state index is 12.2. The van der Waals surface area contributed by atoms with E-state index in [9.17, 15) is 13.5 Å². The molecule has 0 amide bonds. The fourth-order valence-electron chi connectivity index (χ4n) is 1.48. The summed E-state index contributed by atoms with van der Waals surface area (Å²) in [4.78, 5) is 3.72. The van der Waals surface area contributed by atoms with E-state index in [1.54, 1.807) is 18.2 Å². The number of aromatic nitrogens is 1. The molecule has 102 valence electrons. The molecule has 1 N–H and O–H groups in total. The van der Waals surface area contributed by atoms with Crippen molar-refractivity contribution in [2.24, 2.45) is 0 Å². The van der Waals surface area contributed by atoms with Crippen LogP contribution in [0.4, 0.5) is 0 Å². The minimum atomic E-state index is -3.64. The summed E-state index contributed by atoms with van der Waals surface area (Å²) in [5, 5.41) is 9.65. The van der Waals surface area contributed by atoms with Crippen LogP contribution in [0.1, 0.15) is 5.56 Å². The van der Waals surface area contributed by atoms with Gasteiger partial charge in [0, 0.05) is 19.2 Å². The molecule has 0 aliphatic carbocycles. The number of nitrogens with zero attached hydrogens (tertiary/aromatic N) is 2. The van der Waals surface area contributed by atoms with Crippen molar-refractivity contribution >= 4 is 33.0 Å². The lowest BCUT2D eigenvalue weighted by molar-refractivity contribution is 0.436. The molecular formula is C11H11ClN2O3S2. The molecule has 0 radical (unpaired) electrons. The van der Waals surface area contributed by atoms with Gasteiger partial charge in [-0.25, -0.2) is 13.4 Å². The molecule has 1 heterocycles. The van der Waals surface area contributed by atoms with Crippen LogP contribution < -0.4 is 0 Å². The van der Waals surface area contributed by atoms with Gasteiger partial charge in [-0.1, -0.05) is 41.1 Å². The van der Waals surface area contributed by atoms with Crippen molar-refractivity contribution in [2.45, 2.75) is 10.8 Å². The lowest BCUT2D eigenvalue weighted by Crippen LogP contribution is -2.25. The second kappa shape index (κ2) is 5.46. The summed E-state index contributed by atoms with van der Waals surface area (Å²) in [7, 11) is -2.20. The van der Waals surface area contributed by atoms with Crippen molar-refractivity contribution in [3.63, 3.8) is 0 Å². The van der Waals surface area contributed by atoms with Crippen LogP contribution in [0, 0.1) is 0 Å². The quantitative estimate of drug-likeness (QED) is 0.939. The number of benzene rings is 1. The van der Waals surface area contributed by atoms with Crippen LogP contribution in [0.25, 0.3) is 0 Å². The zero-order chi connectivity index (χ0) is 14.0. The Hall–Kier alpha value is -1.15. The Morgan fingerprint density at radius 2 is 2.11 bits per heavy atom. The molecule has 0 fully saturated rings. The Labute approximate surface area is 120 Å². The second-order valence-corrected chi connectivity index (χ2v) is 7.71. The fraction of sp³-hybridized carbons (Fsp3) is 0.182. The van der Waals surface area contributed by atoms with Crippen LogP contribution in [0.5, 0.6) is 5.75 Å². The third-order valence-electron chi connectivity index (χ3n) is 2.51. The Morgan fingerprint density at radius 3 is 2.68 bits per heavy atom. The normalized spacial score (nSPS) is 11.9. The Balaban J connectivity index is 2.25. The van der Waals surface area contributed by atoms with Crippen LogP contribution in [-0.2, 0) is 16.6 Å². The molecule has 8 heteroatoms. The van der Waals surface area contributed by atoms with Gasteiger partial charge in [-0.3, -0.25) is 0 Å². The van der Waals surface area contributed by atoms with Crippen LogP contribution >= 0.6 is 22.9 Å². The number of phenolic OH excluding ortho intramolecular Hbond substituents is 1. The van der Waals surface area contributed by atoms with Crippen molar-refractivity contribution in [1.29, 1.82) is 0 Å². The summed E-state index contributed by atoms with van der Waals surface area (Å²) < 4.78 is 25.8. The molecule has 2 rings (SSSR count). The number of hydrogen-bond acceptors (Lipinski definition) is 5. The second-order valence-electron chi connectivity index (χ2n) is 3.82. The first kappa shape index (κ1) is 14.3. The SMILES string of the molecule is CN(Cc1ccccc1O)S(=O)(=O)c1cnc(Cl)s1. The summed E-state index contributed by atoms with van der Waals surface area (Å²) in [6.07, 6.45) is 1.23. The van der Waals surface area contributed by atoms with E-state index in [4.69, 9.17) is 11.6 Å². The minimum absolute atomic E-state index is 0.0619. The molecule has 0 aliphatic heterocycles. The monoisotopic (exact) mass is 318 g/mol. The number of aromatic hydroxyl groups is 1. The summed E-state index contributed by atoms with van der Waals surface area (Å²) in [6.45, 7) is 0.0739. The third kappa shape index (κ3) is 3.06. The summed E-state index contributed by atoms with van der Waals surface area (Å²) in [5.41, 5.74) is 0.532. The van der Waals surface area contributed by atoms with E-state index in [2.05, 4.69) is 4.98 Å². The molecule has 0 saturated heterocycles. The predicted molar refractivity (Wildman–Crippen MR) is 73.9 cm³/mol. The first-order chi connectivity index (χ1) is 8.91. The molecule has 2 aromatic rings. The molecule has 0 bridgehead atoms. The first-order valence-electron chi connectivity index (χ1n) is 5.26.